The van der Waals surface area contributed by atoms with Crippen LogP contribution in [-0.4, -0.2) is 19.1 Å². The zero-order valence-electron chi connectivity index (χ0n) is 8.22. The third-order valence-electron chi connectivity index (χ3n) is 1.64. The Morgan fingerprint density at radius 3 is 2.73 bits per heavy atom. The lowest BCUT2D eigenvalue weighted by Gasteiger charge is -2.05. The van der Waals surface area contributed by atoms with Crippen LogP contribution in [0.3, 0.4) is 0 Å². The lowest BCUT2D eigenvalue weighted by molar-refractivity contribution is -0.120. The molecule has 0 aliphatic carbocycles. The molecule has 0 radical (unpaired) electrons. The first kappa shape index (κ1) is 12.3. The zero-order valence-corrected chi connectivity index (χ0v) is 9.73. The molecule has 1 N–H and O–H groups in total. The molecule has 3 nitrogen and oxygen atoms in total. The molecule has 0 saturated heterocycles. The van der Waals surface area contributed by atoms with Crippen molar-refractivity contribution < 1.29 is 9.53 Å². The van der Waals surface area contributed by atoms with Crippen LogP contribution in [0, 0.1) is 0 Å². The van der Waals surface area contributed by atoms with Gasteiger partial charge in [0.2, 0.25) is 5.91 Å². The number of carbonyl (C=O) groups excluding carboxylic acids is 1. The summed E-state index contributed by atoms with van der Waals surface area (Å²) in [5.41, 5.74) is 0.606. The molecule has 82 valence electrons. The van der Waals surface area contributed by atoms with Gasteiger partial charge in [0.25, 0.3) is 0 Å². The van der Waals surface area contributed by atoms with Gasteiger partial charge in [0.1, 0.15) is 6.61 Å². The summed E-state index contributed by atoms with van der Waals surface area (Å²) in [6, 6.07) is 4.89. The first-order chi connectivity index (χ1) is 7.13. The average molecular weight is 248 g/mol. The Bertz CT molecular complexity index is 355. The molecule has 0 fully saturated rings. The number of amides is 1. The number of carbonyl (C=O) groups is 1. The van der Waals surface area contributed by atoms with E-state index >= 15 is 0 Å². The molecule has 0 spiro atoms. The summed E-state index contributed by atoms with van der Waals surface area (Å²) in [5.74, 6) is -0.213. The van der Waals surface area contributed by atoms with Crippen molar-refractivity contribution in [3.8, 4) is 0 Å². The molecule has 0 atom stereocenters. The molecular formula is C10H11Cl2NO2. The standard InChI is InChI=1S/C10H11Cl2NO2/c1-2-15-6-10(14)13-7-3-4-8(11)9(12)5-7/h3-5H,2,6H2,1H3,(H,13,14). The van der Waals surface area contributed by atoms with Crippen LogP contribution in [0.25, 0.3) is 0 Å². The topological polar surface area (TPSA) is 38.3 Å². The number of halogens is 2. The predicted octanol–water partition coefficient (Wildman–Crippen LogP) is 2.97. The quantitative estimate of drug-likeness (QED) is 0.889. The van der Waals surface area contributed by atoms with Crippen molar-refractivity contribution >= 4 is 34.8 Å². The Morgan fingerprint density at radius 1 is 1.40 bits per heavy atom. The van der Waals surface area contributed by atoms with Gasteiger partial charge in [-0.25, -0.2) is 0 Å². The summed E-state index contributed by atoms with van der Waals surface area (Å²) >= 11 is 11.5. The fourth-order valence-electron chi connectivity index (χ4n) is 0.966. The van der Waals surface area contributed by atoms with Gasteiger partial charge in [0.15, 0.2) is 0 Å². The molecule has 0 aliphatic heterocycles. The maximum Gasteiger partial charge on any atom is 0.250 e. The highest BCUT2D eigenvalue weighted by Gasteiger charge is 2.03. The predicted molar refractivity (Wildman–Crippen MR) is 61.6 cm³/mol. The Hall–Kier alpha value is -0.770. The van der Waals surface area contributed by atoms with E-state index in [1.165, 1.54) is 0 Å². The van der Waals surface area contributed by atoms with Gasteiger partial charge in [0, 0.05) is 12.3 Å². The maximum atomic E-state index is 11.3. The highest BCUT2D eigenvalue weighted by atomic mass is 35.5. The third-order valence-corrected chi connectivity index (χ3v) is 2.38. The van der Waals surface area contributed by atoms with Crippen molar-refractivity contribution in [2.45, 2.75) is 6.92 Å². The van der Waals surface area contributed by atoms with Gasteiger partial charge in [-0.1, -0.05) is 23.2 Å². The second kappa shape index (κ2) is 5.95. The van der Waals surface area contributed by atoms with Gasteiger partial charge in [-0.3, -0.25) is 4.79 Å². The van der Waals surface area contributed by atoms with Crippen LogP contribution in [0.1, 0.15) is 6.92 Å². The summed E-state index contributed by atoms with van der Waals surface area (Å²) in [4.78, 5) is 11.3. The molecule has 0 aliphatic rings. The fourth-order valence-corrected chi connectivity index (χ4v) is 1.26. The fraction of sp³-hybridized carbons (Fsp3) is 0.300. The van der Waals surface area contributed by atoms with Gasteiger partial charge in [-0.15, -0.1) is 0 Å². The number of benzene rings is 1. The van der Waals surface area contributed by atoms with E-state index in [1.807, 2.05) is 6.92 Å². The lowest BCUT2D eigenvalue weighted by atomic mass is 10.3. The minimum atomic E-state index is -0.213. The number of hydrogen-bond donors (Lipinski definition) is 1. The molecule has 0 saturated carbocycles. The summed E-state index contributed by atoms with van der Waals surface area (Å²) in [7, 11) is 0. The maximum absolute atomic E-state index is 11.3. The molecule has 15 heavy (non-hydrogen) atoms. The molecule has 5 heteroatoms. The summed E-state index contributed by atoms with van der Waals surface area (Å²) in [5, 5.41) is 3.50. The Labute approximate surface area is 98.3 Å². The second-order valence-corrected chi connectivity index (χ2v) is 3.63. The lowest BCUT2D eigenvalue weighted by Crippen LogP contribution is -2.18. The van der Waals surface area contributed by atoms with E-state index in [-0.39, 0.29) is 12.5 Å². The van der Waals surface area contributed by atoms with E-state index in [4.69, 9.17) is 27.9 Å². The molecule has 1 rings (SSSR count). The van der Waals surface area contributed by atoms with Crippen LogP contribution in [0.4, 0.5) is 5.69 Å². The van der Waals surface area contributed by atoms with E-state index in [2.05, 4.69) is 5.32 Å². The first-order valence-electron chi connectivity index (χ1n) is 4.46. The van der Waals surface area contributed by atoms with Gasteiger partial charge >= 0.3 is 0 Å². The van der Waals surface area contributed by atoms with Crippen molar-refractivity contribution in [3.63, 3.8) is 0 Å². The first-order valence-corrected chi connectivity index (χ1v) is 5.21. The van der Waals surface area contributed by atoms with Gasteiger partial charge in [-0.05, 0) is 25.1 Å². The summed E-state index contributed by atoms with van der Waals surface area (Å²) in [6.45, 7) is 2.37. The zero-order chi connectivity index (χ0) is 11.3. The van der Waals surface area contributed by atoms with Gasteiger partial charge < -0.3 is 10.1 Å². The number of hydrogen-bond acceptors (Lipinski definition) is 2. The number of nitrogens with one attached hydrogen (secondary N) is 1. The molecule has 0 bridgehead atoms. The van der Waals surface area contributed by atoms with Crippen LogP contribution in [0.15, 0.2) is 18.2 Å². The monoisotopic (exact) mass is 247 g/mol. The smallest absolute Gasteiger partial charge is 0.250 e. The SMILES string of the molecule is CCOCC(=O)Nc1ccc(Cl)c(Cl)c1. The van der Waals surface area contributed by atoms with Crippen LogP contribution < -0.4 is 5.32 Å². The highest BCUT2D eigenvalue weighted by Crippen LogP contribution is 2.24. The second-order valence-electron chi connectivity index (χ2n) is 2.81. The third kappa shape index (κ3) is 4.08. The van der Waals surface area contributed by atoms with Gasteiger partial charge in [-0.2, -0.15) is 0 Å². The molecule has 1 aromatic rings. The van der Waals surface area contributed by atoms with Crippen molar-refractivity contribution in [1.29, 1.82) is 0 Å². The summed E-state index contributed by atoms with van der Waals surface area (Å²) < 4.78 is 4.95. The van der Waals surface area contributed by atoms with Crippen LogP contribution >= 0.6 is 23.2 Å². The van der Waals surface area contributed by atoms with E-state index in [9.17, 15) is 4.79 Å². The molecule has 0 aromatic heterocycles. The number of rotatable bonds is 4. The average Bonchev–Trinajstić information content (AvgIpc) is 2.20. The summed E-state index contributed by atoms with van der Waals surface area (Å²) in [6.07, 6.45) is 0. The van der Waals surface area contributed by atoms with Crippen molar-refractivity contribution in [3.05, 3.63) is 28.2 Å². The van der Waals surface area contributed by atoms with E-state index in [0.29, 0.717) is 22.3 Å². The van der Waals surface area contributed by atoms with Gasteiger partial charge in [0.05, 0.1) is 10.0 Å². The van der Waals surface area contributed by atoms with Crippen molar-refractivity contribution in [1.82, 2.24) is 0 Å². The number of ether oxygens (including phenoxy) is 1. The minimum absolute atomic E-state index is 0.0384. The number of anilines is 1. The van der Waals surface area contributed by atoms with E-state index in [0.717, 1.165) is 0 Å². The largest absolute Gasteiger partial charge is 0.372 e. The van der Waals surface area contributed by atoms with Crippen molar-refractivity contribution in [2.75, 3.05) is 18.5 Å². The normalized spacial score (nSPS) is 10.1. The van der Waals surface area contributed by atoms with Crippen LogP contribution in [-0.2, 0) is 9.53 Å². The van der Waals surface area contributed by atoms with Crippen molar-refractivity contribution in [2.24, 2.45) is 0 Å². The molecule has 1 amide bonds. The molecule has 0 unspecified atom stereocenters. The van der Waals surface area contributed by atoms with Crippen LogP contribution in [0.5, 0.6) is 0 Å². The molecule has 1 aromatic carbocycles. The Morgan fingerprint density at radius 2 is 2.13 bits per heavy atom. The highest BCUT2D eigenvalue weighted by molar-refractivity contribution is 6.42. The van der Waals surface area contributed by atoms with Crippen LogP contribution in [0.2, 0.25) is 10.0 Å². The minimum Gasteiger partial charge on any atom is -0.372 e. The van der Waals surface area contributed by atoms with E-state index < -0.39 is 0 Å². The Kier molecular flexibility index (Phi) is 4.88. The van der Waals surface area contributed by atoms with E-state index in [1.54, 1.807) is 18.2 Å². The molecular weight excluding hydrogens is 237 g/mol. The Balaban J connectivity index is 2.57. The molecule has 0 heterocycles.